The van der Waals surface area contributed by atoms with Gasteiger partial charge in [0.05, 0.1) is 0 Å². The first-order chi connectivity index (χ1) is 8.24. The van der Waals surface area contributed by atoms with Crippen molar-refractivity contribution in [3.63, 3.8) is 0 Å². The number of hydrogen-bond acceptors (Lipinski definition) is 2. The van der Waals surface area contributed by atoms with Crippen LogP contribution in [0.15, 0.2) is 54.9 Å². The number of nitrogens with zero attached hydrogens (tertiary/aromatic N) is 1. The molecule has 0 saturated carbocycles. The largest absolute Gasteiger partial charge is 0.321 e. The van der Waals surface area contributed by atoms with Crippen molar-refractivity contribution in [1.29, 1.82) is 0 Å². The van der Waals surface area contributed by atoms with Crippen molar-refractivity contribution in [2.75, 3.05) is 0 Å². The molecule has 1 heterocycles. The van der Waals surface area contributed by atoms with E-state index in [4.69, 9.17) is 5.73 Å². The van der Waals surface area contributed by atoms with Crippen LogP contribution in [0.2, 0.25) is 0 Å². The average molecular weight is 226 g/mol. The Labute approximate surface area is 103 Å². The minimum Gasteiger partial charge on any atom is -0.321 e. The van der Waals surface area contributed by atoms with Crippen molar-refractivity contribution in [3.05, 3.63) is 66.0 Å². The molecule has 0 saturated heterocycles. The third-order valence-electron chi connectivity index (χ3n) is 3.23. The summed E-state index contributed by atoms with van der Waals surface area (Å²) in [4.78, 5) is 4.16. The lowest BCUT2D eigenvalue weighted by Gasteiger charge is -2.28. The van der Waals surface area contributed by atoms with Crippen molar-refractivity contribution >= 4 is 0 Å². The van der Waals surface area contributed by atoms with Crippen molar-refractivity contribution in [3.8, 4) is 0 Å². The monoisotopic (exact) mass is 226 g/mol. The van der Waals surface area contributed by atoms with Crippen molar-refractivity contribution in [2.45, 2.75) is 25.3 Å². The lowest BCUT2D eigenvalue weighted by Crippen LogP contribution is -2.38. The smallest absolute Gasteiger partial charge is 0.0463 e. The first-order valence-electron chi connectivity index (χ1n) is 5.98. The Balaban J connectivity index is 2.27. The number of pyridine rings is 1. The number of rotatable bonds is 4. The van der Waals surface area contributed by atoms with E-state index >= 15 is 0 Å². The fraction of sp³-hybridized carbons (Fsp3) is 0.267. The molecule has 2 rings (SSSR count). The van der Waals surface area contributed by atoms with Crippen molar-refractivity contribution in [2.24, 2.45) is 5.73 Å². The molecule has 1 atom stereocenters. The summed E-state index contributed by atoms with van der Waals surface area (Å²) in [5.41, 5.74) is 8.55. The van der Waals surface area contributed by atoms with E-state index in [1.165, 1.54) is 5.56 Å². The molecule has 1 aromatic carbocycles. The second-order valence-electron chi connectivity index (χ2n) is 4.41. The van der Waals surface area contributed by atoms with Crippen LogP contribution in [0.25, 0.3) is 0 Å². The van der Waals surface area contributed by atoms with E-state index in [0.717, 1.165) is 18.4 Å². The summed E-state index contributed by atoms with van der Waals surface area (Å²) >= 11 is 0. The van der Waals surface area contributed by atoms with Crippen LogP contribution < -0.4 is 5.73 Å². The zero-order valence-electron chi connectivity index (χ0n) is 10.1. The average Bonchev–Trinajstić information content (AvgIpc) is 2.41. The molecule has 0 aliphatic carbocycles. The molecule has 0 bridgehead atoms. The second-order valence-corrected chi connectivity index (χ2v) is 4.41. The Hall–Kier alpha value is -1.67. The van der Waals surface area contributed by atoms with Crippen molar-refractivity contribution < 1.29 is 0 Å². The minimum absolute atomic E-state index is 0.324. The maximum absolute atomic E-state index is 6.51. The zero-order valence-corrected chi connectivity index (χ0v) is 10.1. The number of benzene rings is 1. The number of aromatic nitrogens is 1. The summed E-state index contributed by atoms with van der Waals surface area (Å²) in [6.07, 6.45) is 5.39. The molecule has 1 unspecified atom stereocenters. The van der Waals surface area contributed by atoms with Crippen LogP contribution in [0.1, 0.15) is 24.5 Å². The molecule has 0 amide bonds. The van der Waals surface area contributed by atoms with Gasteiger partial charge in [-0.3, -0.25) is 4.98 Å². The zero-order chi connectivity index (χ0) is 12.1. The summed E-state index contributed by atoms with van der Waals surface area (Å²) in [6.45, 7) is 2.12. The third-order valence-corrected chi connectivity index (χ3v) is 3.23. The van der Waals surface area contributed by atoms with Gasteiger partial charge in [-0.25, -0.2) is 0 Å². The van der Waals surface area contributed by atoms with E-state index < -0.39 is 0 Å². The fourth-order valence-corrected chi connectivity index (χ4v) is 2.05. The Kier molecular flexibility index (Phi) is 3.55. The van der Waals surface area contributed by atoms with Crippen molar-refractivity contribution in [1.82, 2.24) is 4.98 Å². The Bertz CT molecular complexity index is 453. The van der Waals surface area contributed by atoms with E-state index in [1.54, 1.807) is 6.20 Å². The quantitative estimate of drug-likeness (QED) is 0.870. The SMILES string of the molecule is CCC(N)(Cc1ccccc1)c1cccnc1. The summed E-state index contributed by atoms with van der Waals surface area (Å²) in [7, 11) is 0. The Morgan fingerprint density at radius 3 is 2.47 bits per heavy atom. The van der Waals surface area contributed by atoms with Gasteiger partial charge in [-0.15, -0.1) is 0 Å². The molecule has 0 spiro atoms. The van der Waals surface area contributed by atoms with Gasteiger partial charge in [-0.2, -0.15) is 0 Å². The highest BCUT2D eigenvalue weighted by Gasteiger charge is 2.25. The molecule has 0 radical (unpaired) electrons. The van der Waals surface area contributed by atoms with Crippen LogP contribution in [0, 0.1) is 0 Å². The van der Waals surface area contributed by atoms with E-state index in [-0.39, 0.29) is 5.54 Å². The molecular weight excluding hydrogens is 208 g/mol. The predicted octanol–water partition coefficient (Wildman–Crippen LogP) is 2.89. The van der Waals surface area contributed by atoms with Gasteiger partial charge in [-0.05, 0) is 30.0 Å². The molecule has 0 fully saturated rings. The summed E-state index contributed by atoms with van der Waals surface area (Å²) < 4.78 is 0. The van der Waals surface area contributed by atoms with Crippen LogP contribution in [-0.4, -0.2) is 4.98 Å². The lowest BCUT2D eigenvalue weighted by atomic mass is 9.83. The highest BCUT2D eigenvalue weighted by atomic mass is 14.8. The molecule has 1 aromatic heterocycles. The van der Waals surface area contributed by atoms with Gasteiger partial charge in [0.15, 0.2) is 0 Å². The lowest BCUT2D eigenvalue weighted by molar-refractivity contribution is 0.423. The topological polar surface area (TPSA) is 38.9 Å². The van der Waals surface area contributed by atoms with Crippen LogP contribution in [-0.2, 0) is 12.0 Å². The molecular formula is C15H18N2. The normalized spacial score (nSPS) is 14.2. The van der Waals surface area contributed by atoms with E-state index in [1.807, 2.05) is 18.3 Å². The Morgan fingerprint density at radius 2 is 1.88 bits per heavy atom. The van der Waals surface area contributed by atoms with E-state index in [2.05, 4.69) is 42.2 Å². The molecule has 0 aliphatic heterocycles. The van der Waals surface area contributed by atoms with Crippen LogP contribution in [0.5, 0.6) is 0 Å². The second kappa shape index (κ2) is 5.11. The number of nitrogens with two attached hydrogens (primary N) is 1. The van der Waals surface area contributed by atoms with Crippen LogP contribution in [0.3, 0.4) is 0 Å². The number of hydrogen-bond donors (Lipinski definition) is 1. The van der Waals surface area contributed by atoms with Gasteiger partial charge in [-0.1, -0.05) is 43.3 Å². The molecule has 0 aliphatic rings. The van der Waals surface area contributed by atoms with Crippen LogP contribution in [0.4, 0.5) is 0 Å². The Morgan fingerprint density at radius 1 is 1.12 bits per heavy atom. The summed E-state index contributed by atoms with van der Waals surface area (Å²) in [5, 5.41) is 0. The van der Waals surface area contributed by atoms with Crippen LogP contribution >= 0.6 is 0 Å². The first kappa shape index (κ1) is 11.8. The van der Waals surface area contributed by atoms with E-state index in [0.29, 0.717) is 0 Å². The fourth-order valence-electron chi connectivity index (χ4n) is 2.05. The summed E-state index contributed by atoms with van der Waals surface area (Å²) in [5.74, 6) is 0. The maximum Gasteiger partial charge on any atom is 0.0463 e. The maximum atomic E-state index is 6.51. The third kappa shape index (κ3) is 2.71. The molecule has 2 heteroatoms. The van der Waals surface area contributed by atoms with Gasteiger partial charge in [0.1, 0.15) is 0 Å². The molecule has 2 aromatic rings. The van der Waals surface area contributed by atoms with E-state index in [9.17, 15) is 0 Å². The minimum atomic E-state index is -0.324. The molecule has 2 N–H and O–H groups in total. The van der Waals surface area contributed by atoms with Gasteiger partial charge in [0.25, 0.3) is 0 Å². The van der Waals surface area contributed by atoms with Gasteiger partial charge < -0.3 is 5.73 Å². The molecule has 2 nitrogen and oxygen atoms in total. The highest BCUT2D eigenvalue weighted by Crippen LogP contribution is 2.25. The molecule has 17 heavy (non-hydrogen) atoms. The summed E-state index contributed by atoms with van der Waals surface area (Å²) in [6, 6.07) is 14.4. The highest BCUT2D eigenvalue weighted by molar-refractivity contribution is 5.25. The van der Waals surface area contributed by atoms with Gasteiger partial charge in [0.2, 0.25) is 0 Å². The standard InChI is InChI=1S/C15H18N2/c1-2-15(16,14-9-6-10-17-12-14)11-13-7-4-3-5-8-13/h3-10,12H,2,11,16H2,1H3. The van der Waals surface area contributed by atoms with Gasteiger partial charge in [0, 0.05) is 17.9 Å². The predicted molar refractivity (Wildman–Crippen MR) is 70.5 cm³/mol. The molecule has 88 valence electrons. The first-order valence-corrected chi connectivity index (χ1v) is 5.98. The van der Waals surface area contributed by atoms with Gasteiger partial charge >= 0.3 is 0 Å².